The van der Waals surface area contributed by atoms with E-state index >= 15 is 0 Å². The summed E-state index contributed by atoms with van der Waals surface area (Å²) in [5.41, 5.74) is -0.193. The molecular weight excluding hydrogens is 466 g/mol. The van der Waals surface area contributed by atoms with E-state index in [1.54, 1.807) is 24.3 Å². The van der Waals surface area contributed by atoms with E-state index in [0.717, 1.165) is 42.0 Å². The Morgan fingerprint density at radius 2 is 1.59 bits per heavy atom. The lowest BCUT2D eigenvalue weighted by Gasteiger charge is -2.11. The number of carbonyl (C=O) groups is 1. The molecule has 2 aromatic heterocycles. The fourth-order valence-corrected chi connectivity index (χ4v) is 3.09. The summed E-state index contributed by atoms with van der Waals surface area (Å²) in [5.74, 6) is -1.37. The van der Waals surface area contributed by atoms with Gasteiger partial charge in [0, 0.05) is 17.3 Å². The zero-order chi connectivity index (χ0) is 24.7. The van der Waals surface area contributed by atoms with Gasteiger partial charge >= 0.3 is 12.5 Å². The standard InChI is InChI=1S/C22H14F6N4O2/c1-12-2-4-13(5-3-12)16-10-18(21(23,24)25)32-19(30-16)11-17(31-32)20(33)29-14-6-8-15(9-7-14)34-22(26,27)28/h2-11H,1H3,(H,29,33). The van der Waals surface area contributed by atoms with Crippen LogP contribution in [0, 0.1) is 6.92 Å². The van der Waals surface area contributed by atoms with Gasteiger partial charge in [-0.2, -0.15) is 18.3 Å². The van der Waals surface area contributed by atoms with Crippen LogP contribution >= 0.6 is 0 Å². The lowest BCUT2D eigenvalue weighted by molar-refractivity contribution is -0.274. The minimum Gasteiger partial charge on any atom is -0.406 e. The third-order valence-corrected chi connectivity index (χ3v) is 4.64. The Morgan fingerprint density at radius 1 is 0.941 bits per heavy atom. The molecular formula is C22H14F6N4O2. The van der Waals surface area contributed by atoms with Crippen LogP contribution in [0.15, 0.2) is 60.7 Å². The largest absolute Gasteiger partial charge is 0.573 e. The normalized spacial score (nSPS) is 12.1. The van der Waals surface area contributed by atoms with Gasteiger partial charge in [-0.15, -0.1) is 13.2 Å². The van der Waals surface area contributed by atoms with Crippen LogP contribution in [0.5, 0.6) is 5.75 Å². The Hall–Kier alpha value is -4.09. The molecule has 1 amide bonds. The van der Waals surface area contributed by atoms with E-state index in [-0.39, 0.29) is 22.7 Å². The first-order valence-corrected chi connectivity index (χ1v) is 9.61. The van der Waals surface area contributed by atoms with Gasteiger partial charge in [0.05, 0.1) is 5.69 Å². The molecule has 34 heavy (non-hydrogen) atoms. The highest BCUT2D eigenvalue weighted by molar-refractivity contribution is 6.03. The predicted molar refractivity (Wildman–Crippen MR) is 109 cm³/mol. The molecule has 0 spiro atoms. The first-order chi connectivity index (χ1) is 15.9. The second kappa shape index (κ2) is 8.36. The van der Waals surface area contributed by atoms with Crippen LogP contribution in [-0.4, -0.2) is 26.9 Å². The van der Waals surface area contributed by atoms with E-state index in [1.807, 2.05) is 6.92 Å². The Morgan fingerprint density at radius 3 is 2.18 bits per heavy atom. The topological polar surface area (TPSA) is 68.5 Å². The molecule has 0 fully saturated rings. The highest BCUT2D eigenvalue weighted by Gasteiger charge is 2.36. The van der Waals surface area contributed by atoms with Crippen molar-refractivity contribution >= 4 is 17.2 Å². The Kier molecular flexibility index (Phi) is 5.67. The molecule has 6 nitrogen and oxygen atoms in total. The summed E-state index contributed by atoms with van der Waals surface area (Å²) >= 11 is 0. The highest BCUT2D eigenvalue weighted by Crippen LogP contribution is 2.32. The van der Waals surface area contributed by atoms with Crippen molar-refractivity contribution in [3.8, 4) is 17.0 Å². The van der Waals surface area contributed by atoms with Crippen LogP contribution in [0.2, 0.25) is 0 Å². The first-order valence-electron chi connectivity index (χ1n) is 9.61. The van der Waals surface area contributed by atoms with Crippen molar-refractivity contribution in [2.75, 3.05) is 5.32 Å². The van der Waals surface area contributed by atoms with Gasteiger partial charge < -0.3 is 10.1 Å². The number of nitrogens with zero attached hydrogens (tertiary/aromatic N) is 3. The van der Waals surface area contributed by atoms with Gasteiger partial charge in [-0.3, -0.25) is 4.79 Å². The summed E-state index contributed by atoms with van der Waals surface area (Å²) in [6, 6.07) is 12.9. The van der Waals surface area contributed by atoms with Gasteiger partial charge in [-0.05, 0) is 37.3 Å². The molecule has 4 aromatic rings. The third kappa shape index (κ3) is 5.11. The second-order valence-electron chi connectivity index (χ2n) is 7.22. The number of anilines is 1. The van der Waals surface area contributed by atoms with Crippen molar-refractivity contribution in [1.29, 1.82) is 0 Å². The Labute approximate surface area is 187 Å². The van der Waals surface area contributed by atoms with Crippen LogP contribution < -0.4 is 10.1 Å². The number of hydrogen-bond donors (Lipinski definition) is 1. The van der Waals surface area contributed by atoms with Crippen LogP contribution in [0.4, 0.5) is 32.0 Å². The molecule has 1 N–H and O–H groups in total. The van der Waals surface area contributed by atoms with E-state index in [0.29, 0.717) is 10.1 Å². The minimum atomic E-state index is -4.87. The van der Waals surface area contributed by atoms with Crippen molar-refractivity contribution in [1.82, 2.24) is 14.6 Å². The number of halogens is 6. The molecule has 0 atom stereocenters. The van der Waals surface area contributed by atoms with E-state index in [2.05, 4.69) is 20.1 Å². The van der Waals surface area contributed by atoms with Gasteiger partial charge in [-0.1, -0.05) is 29.8 Å². The van der Waals surface area contributed by atoms with Crippen molar-refractivity contribution < 1.29 is 35.9 Å². The number of aryl methyl sites for hydroxylation is 1. The number of hydrogen-bond acceptors (Lipinski definition) is 4. The number of aromatic nitrogens is 3. The number of fused-ring (bicyclic) bond motifs is 1. The van der Waals surface area contributed by atoms with Crippen molar-refractivity contribution in [3.05, 3.63) is 77.6 Å². The third-order valence-electron chi connectivity index (χ3n) is 4.64. The average molecular weight is 480 g/mol. The maximum Gasteiger partial charge on any atom is 0.573 e. The van der Waals surface area contributed by atoms with Crippen LogP contribution in [0.3, 0.4) is 0 Å². The van der Waals surface area contributed by atoms with Crippen LogP contribution in [-0.2, 0) is 6.18 Å². The molecule has 2 heterocycles. The molecule has 0 aliphatic heterocycles. The minimum absolute atomic E-state index is 0.0481. The number of benzene rings is 2. The second-order valence-corrected chi connectivity index (χ2v) is 7.22. The highest BCUT2D eigenvalue weighted by atomic mass is 19.4. The SMILES string of the molecule is Cc1ccc(-c2cc(C(F)(F)F)n3nc(C(=O)Nc4ccc(OC(F)(F)F)cc4)cc3n2)cc1. The molecule has 0 aliphatic carbocycles. The quantitative estimate of drug-likeness (QED) is 0.371. The summed E-state index contributed by atoms with van der Waals surface area (Å²) in [4.78, 5) is 16.7. The monoisotopic (exact) mass is 480 g/mol. The lowest BCUT2D eigenvalue weighted by atomic mass is 10.1. The van der Waals surface area contributed by atoms with Crippen LogP contribution in [0.1, 0.15) is 21.7 Å². The molecule has 0 bridgehead atoms. The molecule has 0 unspecified atom stereocenters. The van der Waals surface area contributed by atoms with E-state index in [9.17, 15) is 31.1 Å². The smallest absolute Gasteiger partial charge is 0.406 e. The summed E-state index contributed by atoms with van der Waals surface area (Å²) < 4.78 is 82.2. The number of alkyl halides is 6. The maximum absolute atomic E-state index is 13.7. The molecule has 4 rings (SSSR count). The molecule has 0 radical (unpaired) electrons. The number of carbonyl (C=O) groups excluding carboxylic acids is 1. The van der Waals surface area contributed by atoms with Gasteiger partial charge in [0.2, 0.25) is 0 Å². The van der Waals surface area contributed by atoms with E-state index in [1.165, 1.54) is 0 Å². The lowest BCUT2D eigenvalue weighted by Crippen LogP contribution is -2.17. The summed E-state index contributed by atoms with van der Waals surface area (Å²) in [6.07, 6.45) is -9.66. The Bertz CT molecular complexity index is 1340. The number of amides is 1. The molecule has 2 aromatic carbocycles. The average Bonchev–Trinajstić information content (AvgIpc) is 3.17. The molecule has 0 saturated heterocycles. The number of nitrogens with one attached hydrogen (secondary N) is 1. The van der Waals surface area contributed by atoms with Gasteiger partial charge in [0.1, 0.15) is 5.75 Å². The predicted octanol–water partition coefficient (Wildman–Crippen LogP) is 5.87. The molecule has 0 saturated carbocycles. The zero-order valence-electron chi connectivity index (χ0n) is 17.2. The molecule has 0 aliphatic rings. The Balaban J connectivity index is 1.65. The zero-order valence-corrected chi connectivity index (χ0v) is 17.2. The van der Waals surface area contributed by atoms with Crippen molar-refractivity contribution in [3.63, 3.8) is 0 Å². The first kappa shape index (κ1) is 23.1. The molecule has 12 heteroatoms. The summed E-state index contributed by atoms with van der Waals surface area (Å²) in [6.45, 7) is 1.83. The molecule has 176 valence electrons. The fourth-order valence-electron chi connectivity index (χ4n) is 3.09. The van der Waals surface area contributed by atoms with Gasteiger partial charge in [0.25, 0.3) is 5.91 Å². The maximum atomic E-state index is 13.7. The number of ether oxygens (including phenoxy) is 1. The van der Waals surface area contributed by atoms with Crippen molar-refractivity contribution in [2.45, 2.75) is 19.5 Å². The van der Waals surface area contributed by atoms with E-state index in [4.69, 9.17) is 0 Å². The number of rotatable bonds is 4. The van der Waals surface area contributed by atoms with Crippen molar-refractivity contribution in [2.24, 2.45) is 0 Å². The summed E-state index contributed by atoms with van der Waals surface area (Å²) in [5, 5.41) is 6.10. The van der Waals surface area contributed by atoms with Gasteiger partial charge in [0.15, 0.2) is 17.0 Å². The van der Waals surface area contributed by atoms with Crippen LogP contribution in [0.25, 0.3) is 16.9 Å². The van der Waals surface area contributed by atoms with E-state index < -0.39 is 29.9 Å². The fraction of sp³-hybridized carbons (Fsp3) is 0.136. The van der Waals surface area contributed by atoms with Gasteiger partial charge in [-0.25, -0.2) is 9.50 Å². The summed E-state index contributed by atoms with van der Waals surface area (Å²) in [7, 11) is 0.